The largest absolute Gasteiger partial charge is 0.508 e. The summed E-state index contributed by atoms with van der Waals surface area (Å²) in [5, 5.41) is 11.9. The number of aryl methyl sites for hydroxylation is 1. The summed E-state index contributed by atoms with van der Waals surface area (Å²) in [6.45, 7) is 4.11. The average Bonchev–Trinajstić information content (AvgIpc) is 3.68. The number of piperidine rings is 1. The van der Waals surface area contributed by atoms with Crippen LogP contribution < -0.4 is 9.64 Å². The van der Waals surface area contributed by atoms with Gasteiger partial charge in [0.15, 0.2) is 15.7 Å². The lowest BCUT2D eigenvalue weighted by Crippen LogP contribution is -2.45. The number of sulfone groups is 1. The lowest BCUT2D eigenvalue weighted by molar-refractivity contribution is 0.107. The summed E-state index contributed by atoms with van der Waals surface area (Å²) in [7, 11) is -3.15. The predicted octanol–water partition coefficient (Wildman–Crippen LogP) is 5.75. The molecule has 2 aromatic carbocycles. The maximum Gasteiger partial charge on any atom is 0.319 e. The van der Waals surface area contributed by atoms with Crippen LogP contribution in [0.3, 0.4) is 0 Å². The van der Waals surface area contributed by atoms with Gasteiger partial charge in [0.05, 0.1) is 22.4 Å². The second-order valence-corrected chi connectivity index (χ2v) is 16.4. The Morgan fingerprint density at radius 1 is 1.10 bits per heavy atom. The minimum Gasteiger partial charge on any atom is -0.508 e. The van der Waals surface area contributed by atoms with Gasteiger partial charge in [0, 0.05) is 43.2 Å². The topological polar surface area (TPSA) is 109 Å². The van der Waals surface area contributed by atoms with Gasteiger partial charge >= 0.3 is 6.01 Å². The highest BCUT2D eigenvalue weighted by Gasteiger charge is 2.50. The van der Waals surface area contributed by atoms with E-state index in [-0.39, 0.29) is 46.6 Å². The lowest BCUT2D eigenvalue weighted by atomic mass is 9.79. The van der Waals surface area contributed by atoms with Gasteiger partial charge in [-0.15, -0.1) is 0 Å². The van der Waals surface area contributed by atoms with Gasteiger partial charge in [-0.2, -0.15) is 9.97 Å². The molecule has 1 unspecified atom stereocenters. The van der Waals surface area contributed by atoms with Crippen LogP contribution in [-0.2, 0) is 16.3 Å². The highest BCUT2D eigenvalue weighted by molar-refractivity contribution is 7.91. The Hall–Kier alpha value is -3.71. The number of nitrogens with zero attached hydrogens (tertiary/aromatic N) is 5. The number of halogens is 3. The maximum atomic E-state index is 16.9. The fraction of sp³-hybridized carbons (Fsp3) is 0.514. The number of hydrogen-bond donors (Lipinski definition) is 1. The van der Waals surface area contributed by atoms with Crippen molar-refractivity contribution in [3.63, 3.8) is 0 Å². The molecule has 4 aromatic rings. The minimum absolute atomic E-state index is 0.0554. The smallest absolute Gasteiger partial charge is 0.319 e. The molecular weight excluding hydrogens is 643 g/mol. The number of aromatic nitrogens is 3. The molecule has 9 nitrogen and oxygen atoms in total. The molecule has 254 valence electrons. The van der Waals surface area contributed by atoms with Crippen molar-refractivity contribution >= 4 is 37.3 Å². The van der Waals surface area contributed by atoms with Crippen molar-refractivity contribution < 1.29 is 31.4 Å². The number of alkyl halides is 1. The van der Waals surface area contributed by atoms with Crippen molar-refractivity contribution in [1.29, 1.82) is 0 Å². The van der Waals surface area contributed by atoms with Crippen LogP contribution in [0.15, 0.2) is 30.5 Å². The van der Waals surface area contributed by atoms with E-state index >= 15 is 8.78 Å². The summed E-state index contributed by atoms with van der Waals surface area (Å²) < 4.78 is 77.8. The Labute approximate surface area is 277 Å². The molecule has 0 amide bonds. The first-order valence-corrected chi connectivity index (χ1v) is 18.6. The van der Waals surface area contributed by atoms with Crippen LogP contribution in [0.1, 0.15) is 51.0 Å². The summed E-state index contributed by atoms with van der Waals surface area (Å²) >= 11 is 0. The van der Waals surface area contributed by atoms with E-state index in [4.69, 9.17) is 9.72 Å². The minimum atomic E-state index is -3.15. The zero-order chi connectivity index (χ0) is 33.4. The number of benzene rings is 2. The van der Waals surface area contributed by atoms with Crippen LogP contribution in [-0.4, -0.2) is 89.4 Å². The van der Waals surface area contributed by atoms with Gasteiger partial charge in [-0.3, -0.25) is 9.88 Å². The first kappa shape index (κ1) is 31.6. The van der Waals surface area contributed by atoms with Gasteiger partial charge in [0.25, 0.3) is 0 Å². The number of phenols is 1. The van der Waals surface area contributed by atoms with Gasteiger partial charge in [-0.25, -0.2) is 21.6 Å². The molecule has 4 aliphatic rings. The van der Waals surface area contributed by atoms with Gasteiger partial charge in [-0.05, 0) is 79.6 Å². The zero-order valence-electron chi connectivity index (χ0n) is 26.8. The number of aromatic hydroxyl groups is 1. The Bertz CT molecular complexity index is 2070. The molecule has 0 bridgehead atoms. The molecule has 4 saturated heterocycles. The Kier molecular flexibility index (Phi) is 7.52. The van der Waals surface area contributed by atoms with Crippen molar-refractivity contribution in [2.45, 2.75) is 63.6 Å². The number of rotatable bonds is 6. The van der Waals surface area contributed by atoms with Crippen LogP contribution in [0, 0.1) is 17.0 Å². The first-order valence-electron chi connectivity index (χ1n) is 16.8. The van der Waals surface area contributed by atoms with Crippen LogP contribution >= 0.6 is 0 Å². The maximum absolute atomic E-state index is 16.9. The Morgan fingerprint density at radius 3 is 2.73 bits per heavy atom. The molecule has 2 aromatic heterocycles. The van der Waals surface area contributed by atoms with E-state index in [2.05, 4.69) is 14.9 Å². The molecule has 8 rings (SSSR count). The van der Waals surface area contributed by atoms with E-state index in [1.807, 2.05) is 11.8 Å². The molecule has 0 radical (unpaired) electrons. The van der Waals surface area contributed by atoms with Crippen LogP contribution in [0.4, 0.5) is 19.0 Å². The summed E-state index contributed by atoms with van der Waals surface area (Å²) in [5.74, 6) is -0.690. The lowest BCUT2D eigenvalue weighted by Gasteiger charge is -2.40. The molecule has 6 heterocycles. The third-order valence-electron chi connectivity index (χ3n) is 11.1. The molecule has 48 heavy (non-hydrogen) atoms. The zero-order valence-corrected chi connectivity index (χ0v) is 27.6. The van der Waals surface area contributed by atoms with Crippen LogP contribution in [0.25, 0.3) is 32.9 Å². The van der Waals surface area contributed by atoms with E-state index in [0.717, 1.165) is 32.2 Å². The number of phenolic OH excluding ortho intramolecular Hbond substituents is 1. The predicted molar refractivity (Wildman–Crippen MR) is 177 cm³/mol. The van der Waals surface area contributed by atoms with Crippen molar-refractivity contribution in [2.24, 2.45) is 5.41 Å². The quantitative estimate of drug-likeness (QED) is 0.272. The monoisotopic (exact) mass is 681 g/mol. The number of fused-ring (bicyclic) bond motifs is 3. The molecular formula is C35H38F3N5O4S. The van der Waals surface area contributed by atoms with Crippen molar-refractivity contribution in [3.05, 3.63) is 47.7 Å². The van der Waals surface area contributed by atoms with Crippen LogP contribution in [0.5, 0.6) is 11.8 Å². The highest BCUT2D eigenvalue weighted by atomic mass is 32.2. The third-order valence-corrected chi connectivity index (χ3v) is 12.9. The standard InChI is InChI=1S/C35H38F3N5O4S/c1-2-24-27(37)6-5-21-13-23(44)14-25(28(21)24)30-29(38)31-26(16-39-30)32(42-10-3-7-34(18-42)9-12-48(45,46)20-34)41-33(40-31)47-19-35-8-4-11-43(35)17-22(36)15-35/h5-6,13-14,16,22,44H,2-4,7-12,15,17-20H2,1H3/t22-,34?,35+/m1/s1. The van der Waals surface area contributed by atoms with Gasteiger partial charge in [-0.1, -0.05) is 13.0 Å². The molecule has 13 heteroatoms. The molecule has 4 aliphatic heterocycles. The fourth-order valence-corrected chi connectivity index (χ4v) is 11.1. The molecule has 1 N–H and O–H groups in total. The molecule has 0 saturated carbocycles. The first-order chi connectivity index (χ1) is 23.0. The molecule has 1 spiro atoms. The highest BCUT2D eigenvalue weighted by Crippen LogP contribution is 2.44. The molecule has 4 fully saturated rings. The fourth-order valence-electron chi connectivity index (χ4n) is 8.89. The van der Waals surface area contributed by atoms with Gasteiger partial charge < -0.3 is 14.7 Å². The van der Waals surface area contributed by atoms with E-state index in [1.54, 1.807) is 6.07 Å². The number of anilines is 1. The van der Waals surface area contributed by atoms with E-state index in [1.165, 1.54) is 24.4 Å². The van der Waals surface area contributed by atoms with E-state index in [9.17, 15) is 17.9 Å². The third kappa shape index (κ3) is 5.24. The Balaban J connectivity index is 1.27. The van der Waals surface area contributed by atoms with Gasteiger partial charge in [0.1, 0.15) is 41.4 Å². The van der Waals surface area contributed by atoms with Gasteiger partial charge in [0.2, 0.25) is 0 Å². The number of ether oxygens (including phenoxy) is 1. The summed E-state index contributed by atoms with van der Waals surface area (Å²) in [4.78, 5) is 18.0. The summed E-state index contributed by atoms with van der Waals surface area (Å²) in [6, 6.07) is 5.71. The van der Waals surface area contributed by atoms with E-state index in [0.29, 0.717) is 66.4 Å². The molecule has 3 atom stereocenters. The SMILES string of the molecule is CCc1c(F)ccc2cc(O)cc(-c3ncc4c(N5CCCC6(CCS(=O)(=O)C6)C5)nc(OC[C@@]56CCCN5C[C@H](F)C6)nc4c3F)c12. The Morgan fingerprint density at radius 2 is 1.94 bits per heavy atom. The van der Waals surface area contributed by atoms with Crippen molar-refractivity contribution in [2.75, 3.05) is 49.2 Å². The summed E-state index contributed by atoms with van der Waals surface area (Å²) in [6.07, 6.45) is 5.00. The van der Waals surface area contributed by atoms with Crippen LogP contribution in [0.2, 0.25) is 0 Å². The number of hydrogen-bond acceptors (Lipinski definition) is 9. The van der Waals surface area contributed by atoms with E-state index < -0.39 is 38.6 Å². The number of pyridine rings is 1. The second kappa shape index (κ2) is 11.4. The average molecular weight is 682 g/mol. The molecule has 0 aliphatic carbocycles. The normalized spacial score (nSPS) is 27.0. The second-order valence-electron chi connectivity index (χ2n) is 14.2. The van der Waals surface area contributed by atoms with Crippen molar-refractivity contribution in [3.8, 4) is 23.0 Å². The van der Waals surface area contributed by atoms with Crippen molar-refractivity contribution in [1.82, 2.24) is 19.9 Å². The summed E-state index contributed by atoms with van der Waals surface area (Å²) in [5.41, 5.74) is -0.450.